The van der Waals surface area contributed by atoms with Gasteiger partial charge in [0.05, 0.1) is 19.0 Å². The summed E-state index contributed by atoms with van der Waals surface area (Å²) in [5.41, 5.74) is 2.85. The first-order valence-electron chi connectivity index (χ1n) is 6.49. The Bertz CT molecular complexity index is 739. The number of aromatic nitrogens is 4. The van der Waals surface area contributed by atoms with Crippen LogP contribution in [-0.4, -0.2) is 26.9 Å². The van der Waals surface area contributed by atoms with E-state index < -0.39 is 0 Å². The maximum atomic E-state index is 5.25. The fourth-order valence-electron chi connectivity index (χ4n) is 2.00. The smallest absolute Gasteiger partial charge is 0.246 e. The molecule has 0 spiro atoms. The Hall–Kier alpha value is -2.89. The Morgan fingerprint density at radius 3 is 2.90 bits per heavy atom. The van der Waals surface area contributed by atoms with E-state index in [4.69, 9.17) is 4.74 Å². The number of anilines is 2. The summed E-state index contributed by atoms with van der Waals surface area (Å²) in [5.74, 6) is 1.32. The molecule has 0 atom stereocenters. The highest BCUT2D eigenvalue weighted by Crippen LogP contribution is 2.22. The van der Waals surface area contributed by atoms with E-state index in [0.717, 1.165) is 22.7 Å². The topological polar surface area (TPSA) is 64.9 Å². The largest absolute Gasteiger partial charge is 0.497 e. The number of nitrogens with zero attached hydrogens (tertiary/aromatic N) is 4. The first kappa shape index (κ1) is 13.1. The van der Waals surface area contributed by atoms with E-state index in [-0.39, 0.29) is 0 Å². The van der Waals surface area contributed by atoms with Crippen LogP contribution in [0, 0.1) is 6.92 Å². The van der Waals surface area contributed by atoms with Gasteiger partial charge in [-0.1, -0.05) is 0 Å². The van der Waals surface area contributed by atoms with Gasteiger partial charge in [0.2, 0.25) is 5.95 Å². The number of benzene rings is 1. The normalized spacial score (nSPS) is 10.4. The number of pyridine rings is 1. The summed E-state index contributed by atoms with van der Waals surface area (Å²) in [4.78, 5) is 8.31. The first-order valence-corrected chi connectivity index (χ1v) is 6.49. The predicted octanol–water partition coefficient (Wildman–Crippen LogP) is 2.72. The van der Waals surface area contributed by atoms with Gasteiger partial charge in [-0.2, -0.15) is 4.98 Å². The lowest BCUT2D eigenvalue weighted by molar-refractivity contribution is 0.414. The van der Waals surface area contributed by atoms with Crippen LogP contribution in [0.5, 0.6) is 5.75 Å². The van der Waals surface area contributed by atoms with Crippen molar-refractivity contribution in [1.82, 2.24) is 19.7 Å². The number of aryl methyl sites for hydroxylation is 1. The molecule has 0 saturated carbocycles. The lowest BCUT2D eigenvalue weighted by Gasteiger charge is -2.06. The van der Waals surface area contributed by atoms with Gasteiger partial charge in [-0.15, -0.1) is 5.10 Å². The summed E-state index contributed by atoms with van der Waals surface area (Å²) in [6.45, 7) is 2.01. The van der Waals surface area contributed by atoms with Gasteiger partial charge >= 0.3 is 0 Å². The molecule has 1 N–H and O–H groups in total. The van der Waals surface area contributed by atoms with Gasteiger partial charge in [0.15, 0.2) is 0 Å². The maximum absolute atomic E-state index is 5.25. The highest BCUT2D eigenvalue weighted by molar-refractivity contribution is 5.57. The molecule has 0 aliphatic rings. The minimum absolute atomic E-state index is 0.520. The highest BCUT2D eigenvalue weighted by Gasteiger charge is 2.05. The molecule has 6 nitrogen and oxygen atoms in total. The third-order valence-electron chi connectivity index (χ3n) is 2.95. The van der Waals surface area contributed by atoms with Crippen LogP contribution in [0.15, 0.2) is 49.1 Å². The minimum atomic E-state index is 0.520. The number of hydrogen-bond acceptors (Lipinski definition) is 5. The monoisotopic (exact) mass is 281 g/mol. The van der Waals surface area contributed by atoms with Crippen molar-refractivity contribution in [3.63, 3.8) is 0 Å². The first-order chi connectivity index (χ1) is 10.2. The number of nitrogens with one attached hydrogen (secondary N) is 1. The quantitative estimate of drug-likeness (QED) is 0.796. The Balaban J connectivity index is 1.83. The summed E-state index contributed by atoms with van der Waals surface area (Å²) in [6.07, 6.45) is 5.10. The molecular weight excluding hydrogens is 266 g/mol. The third kappa shape index (κ3) is 3.00. The molecular formula is C15H15N5O. The van der Waals surface area contributed by atoms with Crippen LogP contribution in [0.25, 0.3) is 5.69 Å². The van der Waals surface area contributed by atoms with Gasteiger partial charge in [-0.25, -0.2) is 4.68 Å². The molecule has 2 aromatic heterocycles. The van der Waals surface area contributed by atoms with E-state index in [2.05, 4.69) is 20.4 Å². The average Bonchev–Trinajstić information content (AvgIpc) is 2.96. The molecule has 3 rings (SSSR count). The Morgan fingerprint density at radius 1 is 1.24 bits per heavy atom. The molecule has 0 saturated heterocycles. The molecule has 0 aliphatic carbocycles. The lowest BCUT2D eigenvalue weighted by atomic mass is 10.2. The standard InChI is InChI=1S/C15H15N5O/c1-11-6-12(8-14(7-11)21-2)18-15-17-10-20(19-15)13-4-3-5-16-9-13/h3-10H,1-2H3,(H,18,19). The molecule has 0 amide bonds. The zero-order valence-electron chi connectivity index (χ0n) is 11.8. The molecule has 21 heavy (non-hydrogen) atoms. The third-order valence-corrected chi connectivity index (χ3v) is 2.95. The van der Waals surface area contributed by atoms with E-state index in [9.17, 15) is 0 Å². The highest BCUT2D eigenvalue weighted by atomic mass is 16.5. The second kappa shape index (κ2) is 5.62. The molecule has 0 fully saturated rings. The molecule has 2 heterocycles. The molecule has 106 valence electrons. The van der Waals surface area contributed by atoms with Gasteiger partial charge in [0, 0.05) is 18.0 Å². The summed E-state index contributed by atoms with van der Waals surface area (Å²) in [5, 5.41) is 7.54. The second-order valence-corrected chi connectivity index (χ2v) is 4.59. The van der Waals surface area contributed by atoms with Gasteiger partial charge < -0.3 is 10.1 Å². The fourth-order valence-corrected chi connectivity index (χ4v) is 2.00. The SMILES string of the molecule is COc1cc(C)cc(Nc2ncn(-c3cccnc3)n2)c1. The van der Waals surface area contributed by atoms with Crippen LogP contribution in [-0.2, 0) is 0 Å². The predicted molar refractivity (Wildman–Crippen MR) is 80.2 cm³/mol. The number of ether oxygens (including phenoxy) is 1. The van der Waals surface area contributed by atoms with Crippen LogP contribution in [0.3, 0.4) is 0 Å². The van der Waals surface area contributed by atoms with E-state index in [1.165, 1.54) is 0 Å². The van der Waals surface area contributed by atoms with Crippen molar-refractivity contribution in [3.8, 4) is 11.4 Å². The lowest BCUT2D eigenvalue weighted by Crippen LogP contribution is -1.98. The van der Waals surface area contributed by atoms with Gasteiger partial charge in [-0.3, -0.25) is 4.98 Å². The Kier molecular flexibility index (Phi) is 3.51. The minimum Gasteiger partial charge on any atom is -0.497 e. The van der Waals surface area contributed by atoms with E-state index in [1.807, 2.05) is 37.3 Å². The van der Waals surface area contributed by atoms with Crippen molar-refractivity contribution in [2.45, 2.75) is 6.92 Å². The zero-order chi connectivity index (χ0) is 14.7. The van der Waals surface area contributed by atoms with Crippen LogP contribution >= 0.6 is 0 Å². The second-order valence-electron chi connectivity index (χ2n) is 4.59. The molecule has 1 aromatic carbocycles. The van der Waals surface area contributed by atoms with Crippen LogP contribution in [0.4, 0.5) is 11.6 Å². The Labute approximate surface area is 122 Å². The van der Waals surface area contributed by atoms with Crippen molar-refractivity contribution < 1.29 is 4.74 Å². The van der Waals surface area contributed by atoms with E-state index >= 15 is 0 Å². The summed E-state index contributed by atoms with van der Waals surface area (Å²) < 4.78 is 6.92. The fraction of sp³-hybridized carbons (Fsp3) is 0.133. The van der Waals surface area contributed by atoms with Crippen LogP contribution in [0.1, 0.15) is 5.56 Å². The molecule has 0 bridgehead atoms. The number of methoxy groups -OCH3 is 1. The maximum Gasteiger partial charge on any atom is 0.246 e. The van der Waals surface area contributed by atoms with E-state index in [1.54, 1.807) is 30.5 Å². The van der Waals surface area contributed by atoms with Gasteiger partial charge in [0.1, 0.15) is 12.1 Å². The van der Waals surface area contributed by atoms with Crippen molar-refractivity contribution >= 4 is 11.6 Å². The van der Waals surface area contributed by atoms with Crippen molar-refractivity contribution in [2.75, 3.05) is 12.4 Å². The van der Waals surface area contributed by atoms with Gasteiger partial charge in [0.25, 0.3) is 0 Å². The molecule has 0 radical (unpaired) electrons. The van der Waals surface area contributed by atoms with Crippen LogP contribution < -0.4 is 10.1 Å². The van der Waals surface area contributed by atoms with Crippen molar-refractivity contribution in [2.24, 2.45) is 0 Å². The molecule has 0 unspecified atom stereocenters. The number of hydrogen-bond donors (Lipinski definition) is 1. The zero-order valence-corrected chi connectivity index (χ0v) is 11.8. The summed E-state index contributed by atoms with van der Waals surface area (Å²) in [7, 11) is 1.65. The Morgan fingerprint density at radius 2 is 2.14 bits per heavy atom. The van der Waals surface area contributed by atoms with E-state index in [0.29, 0.717) is 5.95 Å². The summed E-state index contributed by atoms with van der Waals surface area (Å²) >= 11 is 0. The van der Waals surface area contributed by atoms with Crippen molar-refractivity contribution in [1.29, 1.82) is 0 Å². The molecule has 3 aromatic rings. The molecule has 0 aliphatic heterocycles. The average molecular weight is 281 g/mol. The van der Waals surface area contributed by atoms with Crippen LogP contribution in [0.2, 0.25) is 0 Å². The summed E-state index contributed by atoms with van der Waals surface area (Å²) in [6, 6.07) is 9.65. The number of rotatable bonds is 4. The molecule has 6 heteroatoms. The van der Waals surface area contributed by atoms with Crippen molar-refractivity contribution in [3.05, 3.63) is 54.6 Å². The van der Waals surface area contributed by atoms with Gasteiger partial charge in [-0.05, 0) is 36.8 Å².